The highest BCUT2D eigenvalue weighted by molar-refractivity contribution is 7.89. The Kier molecular flexibility index (Phi) is 6.26. The molecule has 1 amide bonds. The van der Waals surface area contributed by atoms with Crippen LogP contribution in [0, 0.1) is 0 Å². The van der Waals surface area contributed by atoms with E-state index in [0.29, 0.717) is 10.7 Å². The van der Waals surface area contributed by atoms with Gasteiger partial charge in [-0.3, -0.25) is 4.79 Å². The number of carbonyl (C=O) groups is 1. The first-order chi connectivity index (χ1) is 13.5. The number of benzene rings is 1. The minimum absolute atomic E-state index is 0.101. The largest absolute Gasteiger partial charge is 0.438 e. The molecule has 0 saturated carbocycles. The van der Waals surface area contributed by atoms with Gasteiger partial charge < -0.3 is 14.6 Å². The molecule has 1 fully saturated rings. The molecule has 0 atom stereocenters. The standard InChI is InChI=1S/C20H26ClN3O4S/c1-20(2,3)23-29(26,27)18-10-9-17(28-18)19(25)22-14-7-8-16(15(21)13-14)24-11-5-4-6-12-24/h7-10,13,23H,4-6,11-12H2,1-3H3,(H,22,25). The first-order valence-electron chi connectivity index (χ1n) is 9.55. The summed E-state index contributed by atoms with van der Waals surface area (Å²) >= 11 is 6.41. The van der Waals surface area contributed by atoms with Crippen molar-refractivity contribution in [2.45, 2.75) is 50.7 Å². The molecule has 0 aliphatic carbocycles. The fourth-order valence-corrected chi connectivity index (χ4v) is 4.86. The van der Waals surface area contributed by atoms with Crippen LogP contribution in [0.3, 0.4) is 0 Å². The van der Waals surface area contributed by atoms with Crippen LogP contribution in [0.2, 0.25) is 5.02 Å². The van der Waals surface area contributed by atoms with Gasteiger partial charge in [0, 0.05) is 24.3 Å². The Balaban J connectivity index is 1.71. The minimum atomic E-state index is -3.85. The van der Waals surface area contributed by atoms with E-state index in [1.807, 2.05) is 6.07 Å². The molecule has 2 aromatic rings. The van der Waals surface area contributed by atoms with E-state index in [2.05, 4.69) is 14.9 Å². The van der Waals surface area contributed by atoms with E-state index in [1.165, 1.54) is 18.6 Å². The third-order valence-corrected chi connectivity index (χ3v) is 6.35. The zero-order chi connectivity index (χ0) is 21.2. The third-order valence-electron chi connectivity index (χ3n) is 4.41. The maximum absolute atomic E-state index is 12.5. The van der Waals surface area contributed by atoms with Crippen molar-refractivity contribution in [3.05, 3.63) is 41.1 Å². The van der Waals surface area contributed by atoms with E-state index in [9.17, 15) is 13.2 Å². The summed E-state index contributed by atoms with van der Waals surface area (Å²) in [5, 5.41) is 2.94. The number of hydrogen-bond donors (Lipinski definition) is 2. The van der Waals surface area contributed by atoms with Gasteiger partial charge in [0.15, 0.2) is 5.76 Å². The highest BCUT2D eigenvalue weighted by Crippen LogP contribution is 2.31. The van der Waals surface area contributed by atoms with Crippen LogP contribution in [0.1, 0.15) is 50.6 Å². The Morgan fingerprint density at radius 1 is 1.10 bits per heavy atom. The Morgan fingerprint density at radius 2 is 1.79 bits per heavy atom. The normalized spacial score (nSPS) is 15.4. The first-order valence-corrected chi connectivity index (χ1v) is 11.4. The van der Waals surface area contributed by atoms with Crippen molar-refractivity contribution in [1.29, 1.82) is 0 Å². The summed E-state index contributed by atoms with van der Waals surface area (Å²) in [6, 6.07) is 7.93. The maximum atomic E-state index is 12.5. The van der Waals surface area contributed by atoms with E-state index < -0.39 is 21.5 Å². The molecule has 1 saturated heterocycles. The molecule has 1 aromatic heterocycles. The van der Waals surface area contributed by atoms with Gasteiger partial charge in [-0.2, -0.15) is 0 Å². The van der Waals surface area contributed by atoms with Crippen molar-refractivity contribution in [2.75, 3.05) is 23.3 Å². The highest BCUT2D eigenvalue weighted by Gasteiger charge is 2.26. The molecule has 0 spiro atoms. The van der Waals surface area contributed by atoms with Gasteiger partial charge in [-0.05, 0) is 70.4 Å². The highest BCUT2D eigenvalue weighted by atomic mass is 35.5. The lowest BCUT2D eigenvalue weighted by molar-refractivity contribution is 0.0991. The number of halogens is 1. The summed E-state index contributed by atoms with van der Waals surface area (Å²) in [5.74, 6) is -0.653. The van der Waals surface area contributed by atoms with Crippen LogP contribution < -0.4 is 14.9 Å². The number of anilines is 2. The van der Waals surface area contributed by atoms with Crippen LogP contribution in [-0.4, -0.2) is 33.0 Å². The van der Waals surface area contributed by atoms with Crippen molar-refractivity contribution in [3.63, 3.8) is 0 Å². The molecule has 0 bridgehead atoms. The smallest absolute Gasteiger partial charge is 0.291 e. The van der Waals surface area contributed by atoms with Crippen LogP contribution in [-0.2, 0) is 10.0 Å². The number of piperidine rings is 1. The number of rotatable bonds is 5. The van der Waals surface area contributed by atoms with E-state index in [4.69, 9.17) is 16.0 Å². The maximum Gasteiger partial charge on any atom is 0.291 e. The molecular formula is C20H26ClN3O4S. The van der Waals surface area contributed by atoms with E-state index >= 15 is 0 Å². The van der Waals surface area contributed by atoms with Crippen molar-refractivity contribution < 1.29 is 17.6 Å². The van der Waals surface area contributed by atoms with Gasteiger partial charge >= 0.3 is 0 Å². The number of nitrogens with zero attached hydrogens (tertiary/aromatic N) is 1. The molecule has 1 aliphatic rings. The minimum Gasteiger partial charge on any atom is -0.438 e. The SMILES string of the molecule is CC(C)(C)NS(=O)(=O)c1ccc(C(=O)Nc2ccc(N3CCCCC3)c(Cl)c2)o1. The molecule has 1 aromatic carbocycles. The Hall–Kier alpha value is -2.03. The van der Waals surface area contributed by atoms with E-state index in [-0.39, 0.29) is 10.9 Å². The van der Waals surface area contributed by atoms with Crippen LogP contribution in [0.25, 0.3) is 0 Å². The lowest BCUT2D eigenvalue weighted by Gasteiger charge is -2.29. The average Bonchev–Trinajstić information content (AvgIpc) is 3.12. The summed E-state index contributed by atoms with van der Waals surface area (Å²) in [4.78, 5) is 14.7. The van der Waals surface area contributed by atoms with E-state index in [1.54, 1.807) is 32.9 Å². The number of amides is 1. The lowest BCUT2D eigenvalue weighted by Crippen LogP contribution is -2.40. The first kappa shape index (κ1) is 21.7. The Morgan fingerprint density at radius 3 is 2.41 bits per heavy atom. The number of hydrogen-bond acceptors (Lipinski definition) is 5. The summed E-state index contributed by atoms with van der Waals surface area (Å²) in [6.45, 7) is 7.10. The fourth-order valence-electron chi connectivity index (χ4n) is 3.21. The van der Waals surface area contributed by atoms with Crippen molar-refractivity contribution in [1.82, 2.24) is 4.72 Å². The molecule has 29 heavy (non-hydrogen) atoms. The van der Waals surface area contributed by atoms with Crippen molar-refractivity contribution in [2.24, 2.45) is 0 Å². The second kappa shape index (κ2) is 8.38. The second-order valence-corrected chi connectivity index (χ2v) is 10.2. The van der Waals surface area contributed by atoms with Gasteiger partial charge in [0.1, 0.15) is 0 Å². The molecule has 3 rings (SSSR count). The topological polar surface area (TPSA) is 91.6 Å². The van der Waals surface area contributed by atoms with Gasteiger partial charge in [-0.15, -0.1) is 0 Å². The Bertz CT molecular complexity index is 989. The number of carbonyl (C=O) groups excluding carboxylic acids is 1. The molecule has 0 unspecified atom stereocenters. The van der Waals surface area contributed by atoms with Crippen molar-refractivity contribution in [3.8, 4) is 0 Å². The quantitative estimate of drug-likeness (QED) is 0.726. The summed E-state index contributed by atoms with van der Waals surface area (Å²) in [6.07, 6.45) is 3.51. The van der Waals surface area contributed by atoms with Gasteiger partial charge in [0.25, 0.3) is 15.9 Å². The summed E-state index contributed by atoms with van der Waals surface area (Å²) in [7, 11) is -3.85. The van der Waals surface area contributed by atoms with Crippen molar-refractivity contribution >= 4 is 38.9 Å². The molecule has 2 heterocycles. The van der Waals surface area contributed by atoms with E-state index in [0.717, 1.165) is 31.6 Å². The zero-order valence-electron chi connectivity index (χ0n) is 16.8. The predicted octanol–water partition coefficient (Wildman–Crippen LogP) is 4.25. The van der Waals surface area contributed by atoms with Gasteiger partial charge in [-0.1, -0.05) is 11.6 Å². The van der Waals surface area contributed by atoms with Crippen LogP contribution in [0.5, 0.6) is 0 Å². The molecule has 0 radical (unpaired) electrons. The van der Waals surface area contributed by atoms with Gasteiger partial charge in [0.2, 0.25) is 5.09 Å². The van der Waals surface area contributed by atoms with Gasteiger partial charge in [0.05, 0.1) is 10.7 Å². The monoisotopic (exact) mass is 439 g/mol. The molecular weight excluding hydrogens is 414 g/mol. The van der Waals surface area contributed by atoms with Crippen LogP contribution in [0.4, 0.5) is 11.4 Å². The molecule has 1 aliphatic heterocycles. The molecule has 7 nitrogen and oxygen atoms in total. The van der Waals surface area contributed by atoms with Gasteiger partial charge in [-0.25, -0.2) is 13.1 Å². The Labute approximate surface area is 176 Å². The molecule has 9 heteroatoms. The number of furan rings is 1. The number of nitrogens with one attached hydrogen (secondary N) is 2. The fraction of sp³-hybridized carbons (Fsp3) is 0.450. The van der Waals surface area contributed by atoms with Crippen LogP contribution >= 0.6 is 11.6 Å². The predicted molar refractivity (Wildman–Crippen MR) is 114 cm³/mol. The summed E-state index contributed by atoms with van der Waals surface area (Å²) < 4.78 is 32.4. The second-order valence-electron chi connectivity index (χ2n) is 8.14. The van der Waals surface area contributed by atoms with Crippen LogP contribution in [0.15, 0.2) is 39.8 Å². The number of sulfonamides is 1. The average molecular weight is 440 g/mol. The molecule has 2 N–H and O–H groups in total. The summed E-state index contributed by atoms with van der Waals surface area (Å²) in [5.41, 5.74) is 0.791. The third kappa shape index (κ3) is 5.52. The molecule has 158 valence electrons. The zero-order valence-corrected chi connectivity index (χ0v) is 18.4. The lowest BCUT2D eigenvalue weighted by atomic mass is 10.1.